The number of nitro benzene ring substituents is 1. The lowest BCUT2D eigenvalue weighted by Gasteiger charge is -2.27. The van der Waals surface area contributed by atoms with Crippen molar-refractivity contribution in [2.45, 2.75) is 34.6 Å². The highest BCUT2D eigenvalue weighted by atomic mass is 16.6. The third-order valence-electron chi connectivity index (χ3n) is 3.50. The first-order chi connectivity index (χ1) is 8.23. The van der Waals surface area contributed by atoms with Crippen LogP contribution in [0.1, 0.15) is 33.3 Å². The zero-order chi connectivity index (χ0) is 13.9. The molecule has 0 fully saturated rings. The maximum atomic E-state index is 11.0. The second-order valence-corrected chi connectivity index (χ2v) is 5.88. The summed E-state index contributed by atoms with van der Waals surface area (Å²) in [5.74, 6) is 0.428. The van der Waals surface area contributed by atoms with Gasteiger partial charge in [0, 0.05) is 12.1 Å². The van der Waals surface area contributed by atoms with Crippen LogP contribution in [-0.2, 0) is 0 Å². The number of hydrogen-bond acceptors (Lipinski definition) is 3. The zero-order valence-corrected chi connectivity index (χ0v) is 11.8. The topological polar surface area (TPSA) is 55.2 Å². The molecule has 0 amide bonds. The Morgan fingerprint density at radius 2 is 2.00 bits per heavy atom. The summed E-state index contributed by atoms with van der Waals surface area (Å²) in [4.78, 5) is 10.7. The number of aryl methyl sites for hydroxylation is 1. The third kappa shape index (κ3) is 3.45. The van der Waals surface area contributed by atoms with Gasteiger partial charge in [-0.15, -0.1) is 0 Å². The van der Waals surface area contributed by atoms with Gasteiger partial charge in [-0.25, -0.2) is 0 Å². The van der Waals surface area contributed by atoms with Crippen LogP contribution in [0.25, 0.3) is 0 Å². The molecule has 0 aliphatic heterocycles. The van der Waals surface area contributed by atoms with Crippen LogP contribution in [0.15, 0.2) is 18.2 Å². The molecule has 4 heteroatoms. The van der Waals surface area contributed by atoms with E-state index >= 15 is 0 Å². The normalized spacial score (nSPS) is 13.2. The molecule has 0 aliphatic carbocycles. The molecule has 0 spiro atoms. The summed E-state index contributed by atoms with van der Waals surface area (Å²) in [6.45, 7) is 11.1. The van der Waals surface area contributed by atoms with Gasteiger partial charge in [0.15, 0.2) is 0 Å². The minimum Gasteiger partial charge on any atom is -0.379 e. The second kappa shape index (κ2) is 5.38. The Kier molecular flexibility index (Phi) is 4.33. The largest absolute Gasteiger partial charge is 0.379 e. The lowest BCUT2D eigenvalue weighted by atomic mass is 9.82. The van der Waals surface area contributed by atoms with Gasteiger partial charge in [0.2, 0.25) is 0 Å². The minimum atomic E-state index is -0.320. The molecule has 1 aromatic rings. The van der Waals surface area contributed by atoms with Crippen molar-refractivity contribution >= 4 is 11.4 Å². The van der Waals surface area contributed by atoms with Gasteiger partial charge in [0.25, 0.3) is 5.69 Å². The number of benzene rings is 1. The molecule has 1 aromatic carbocycles. The van der Waals surface area contributed by atoms with Crippen LogP contribution in [-0.4, -0.2) is 11.5 Å². The van der Waals surface area contributed by atoms with Crippen molar-refractivity contribution in [2.24, 2.45) is 11.3 Å². The molecule has 18 heavy (non-hydrogen) atoms. The van der Waals surface area contributed by atoms with E-state index in [4.69, 9.17) is 0 Å². The van der Waals surface area contributed by atoms with Crippen molar-refractivity contribution in [3.05, 3.63) is 33.9 Å². The van der Waals surface area contributed by atoms with Crippen molar-refractivity contribution < 1.29 is 4.92 Å². The van der Waals surface area contributed by atoms with E-state index in [1.807, 2.05) is 6.07 Å². The van der Waals surface area contributed by atoms with Crippen LogP contribution >= 0.6 is 0 Å². The Bertz CT molecular complexity index is 436. The van der Waals surface area contributed by atoms with E-state index in [1.165, 1.54) is 0 Å². The molecular weight excluding hydrogens is 228 g/mol. The molecule has 0 aromatic heterocycles. The van der Waals surface area contributed by atoms with Gasteiger partial charge in [-0.3, -0.25) is 10.1 Å². The Labute approximate surface area is 109 Å². The van der Waals surface area contributed by atoms with E-state index in [9.17, 15) is 10.1 Å². The van der Waals surface area contributed by atoms with E-state index in [-0.39, 0.29) is 16.0 Å². The Morgan fingerprint density at radius 3 is 2.50 bits per heavy atom. The summed E-state index contributed by atoms with van der Waals surface area (Å²) < 4.78 is 0. The standard InChI is InChI=1S/C14H22N2O2/c1-10-7-6-8-12(13(10)16(17)18)15-9-11(2)14(3,4)5/h6-8,11,15H,9H2,1-5H3. The number of rotatable bonds is 4. The molecule has 1 N–H and O–H groups in total. The van der Waals surface area contributed by atoms with Crippen molar-refractivity contribution in [1.82, 2.24) is 0 Å². The predicted octanol–water partition coefficient (Wildman–Crippen LogP) is 4.00. The molecule has 0 radical (unpaired) electrons. The molecule has 0 heterocycles. The van der Waals surface area contributed by atoms with Gasteiger partial charge in [0.1, 0.15) is 5.69 Å². The molecule has 4 nitrogen and oxygen atoms in total. The Hall–Kier alpha value is -1.58. The summed E-state index contributed by atoms with van der Waals surface area (Å²) >= 11 is 0. The predicted molar refractivity (Wildman–Crippen MR) is 74.9 cm³/mol. The molecule has 1 atom stereocenters. The number of para-hydroxylation sites is 1. The fourth-order valence-electron chi connectivity index (χ4n) is 1.61. The highest BCUT2D eigenvalue weighted by molar-refractivity contribution is 5.64. The monoisotopic (exact) mass is 250 g/mol. The highest BCUT2D eigenvalue weighted by Crippen LogP contribution is 2.30. The average molecular weight is 250 g/mol. The smallest absolute Gasteiger partial charge is 0.295 e. The molecule has 0 bridgehead atoms. The first kappa shape index (κ1) is 14.5. The number of anilines is 1. The van der Waals surface area contributed by atoms with Gasteiger partial charge >= 0.3 is 0 Å². The Morgan fingerprint density at radius 1 is 1.39 bits per heavy atom. The maximum absolute atomic E-state index is 11.0. The molecule has 0 aliphatic rings. The van der Waals surface area contributed by atoms with Crippen LogP contribution in [0.5, 0.6) is 0 Å². The molecule has 0 saturated heterocycles. The number of nitro groups is 1. The molecule has 100 valence electrons. The number of nitrogens with zero attached hydrogens (tertiary/aromatic N) is 1. The van der Waals surface area contributed by atoms with Crippen molar-refractivity contribution in [3.8, 4) is 0 Å². The number of hydrogen-bond donors (Lipinski definition) is 1. The van der Waals surface area contributed by atoms with Gasteiger partial charge in [0.05, 0.1) is 4.92 Å². The van der Waals surface area contributed by atoms with Crippen LogP contribution in [0, 0.1) is 28.4 Å². The van der Waals surface area contributed by atoms with E-state index < -0.39 is 0 Å². The Balaban J connectivity index is 2.86. The van der Waals surface area contributed by atoms with E-state index in [0.29, 0.717) is 17.2 Å². The lowest BCUT2D eigenvalue weighted by molar-refractivity contribution is -0.384. The van der Waals surface area contributed by atoms with Crippen molar-refractivity contribution in [2.75, 3.05) is 11.9 Å². The van der Waals surface area contributed by atoms with Crippen LogP contribution in [0.3, 0.4) is 0 Å². The molecule has 1 rings (SSSR count). The van der Waals surface area contributed by atoms with Crippen molar-refractivity contribution in [1.29, 1.82) is 0 Å². The summed E-state index contributed by atoms with van der Waals surface area (Å²) in [5, 5.41) is 14.2. The van der Waals surface area contributed by atoms with E-state index in [2.05, 4.69) is 33.0 Å². The van der Waals surface area contributed by atoms with Crippen LogP contribution in [0.2, 0.25) is 0 Å². The fraction of sp³-hybridized carbons (Fsp3) is 0.571. The van der Waals surface area contributed by atoms with Crippen LogP contribution in [0.4, 0.5) is 11.4 Å². The maximum Gasteiger partial charge on any atom is 0.295 e. The zero-order valence-electron chi connectivity index (χ0n) is 11.8. The molecule has 0 saturated carbocycles. The average Bonchev–Trinajstić information content (AvgIpc) is 2.23. The van der Waals surface area contributed by atoms with Crippen molar-refractivity contribution in [3.63, 3.8) is 0 Å². The molecule has 1 unspecified atom stereocenters. The SMILES string of the molecule is Cc1cccc(NCC(C)C(C)(C)C)c1[N+](=O)[O-]. The summed E-state index contributed by atoms with van der Waals surface area (Å²) in [5.41, 5.74) is 1.66. The minimum absolute atomic E-state index is 0.179. The van der Waals surface area contributed by atoms with Gasteiger partial charge in [-0.2, -0.15) is 0 Å². The van der Waals surface area contributed by atoms with E-state index in [0.717, 1.165) is 6.54 Å². The summed E-state index contributed by atoms with van der Waals surface area (Å²) in [6.07, 6.45) is 0. The van der Waals surface area contributed by atoms with E-state index in [1.54, 1.807) is 19.1 Å². The summed E-state index contributed by atoms with van der Waals surface area (Å²) in [7, 11) is 0. The highest BCUT2D eigenvalue weighted by Gasteiger charge is 2.22. The molecular formula is C14H22N2O2. The second-order valence-electron chi connectivity index (χ2n) is 5.88. The lowest BCUT2D eigenvalue weighted by Crippen LogP contribution is -2.25. The first-order valence-corrected chi connectivity index (χ1v) is 6.21. The fourth-order valence-corrected chi connectivity index (χ4v) is 1.61. The van der Waals surface area contributed by atoms with Crippen LogP contribution < -0.4 is 5.32 Å². The third-order valence-corrected chi connectivity index (χ3v) is 3.50. The summed E-state index contributed by atoms with van der Waals surface area (Å²) in [6, 6.07) is 5.36. The number of nitrogens with one attached hydrogen (secondary N) is 1. The quantitative estimate of drug-likeness (QED) is 0.649. The van der Waals surface area contributed by atoms with Gasteiger partial charge < -0.3 is 5.32 Å². The van der Waals surface area contributed by atoms with Gasteiger partial charge in [-0.1, -0.05) is 39.8 Å². The van der Waals surface area contributed by atoms with Gasteiger partial charge in [-0.05, 0) is 24.3 Å². The first-order valence-electron chi connectivity index (χ1n) is 6.21.